The van der Waals surface area contributed by atoms with Gasteiger partial charge in [-0.1, -0.05) is 31.9 Å². The highest BCUT2D eigenvalue weighted by atomic mass is 16.3. The van der Waals surface area contributed by atoms with Gasteiger partial charge in [0, 0.05) is 30.0 Å². The van der Waals surface area contributed by atoms with E-state index in [1.54, 1.807) is 12.5 Å². The van der Waals surface area contributed by atoms with E-state index in [-0.39, 0.29) is 11.6 Å². The lowest BCUT2D eigenvalue weighted by Crippen LogP contribution is -2.35. The zero-order valence-corrected chi connectivity index (χ0v) is 21.5. The third kappa shape index (κ3) is 4.89. The van der Waals surface area contributed by atoms with Gasteiger partial charge in [0.15, 0.2) is 5.82 Å². The molecule has 1 unspecified atom stereocenters. The zero-order chi connectivity index (χ0) is 25.9. The fourth-order valence-electron chi connectivity index (χ4n) is 5.55. The molecule has 1 N–H and O–H groups in total. The van der Waals surface area contributed by atoms with Crippen LogP contribution >= 0.6 is 0 Å². The Morgan fingerprint density at radius 2 is 2.00 bits per heavy atom. The van der Waals surface area contributed by atoms with Crippen molar-refractivity contribution in [3.05, 3.63) is 106 Å². The molecule has 6 rings (SSSR count). The van der Waals surface area contributed by atoms with Crippen LogP contribution in [0.1, 0.15) is 73.0 Å². The summed E-state index contributed by atoms with van der Waals surface area (Å²) in [4.78, 5) is 23.4. The van der Waals surface area contributed by atoms with Crippen molar-refractivity contribution in [3.63, 3.8) is 0 Å². The molecule has 4 heterocycles. The Balaban J connectivity index is 1.53. The van der Waals surface area contributed by atoms with E-state index in [0.717, 1.165) is 54.3 Å². The largest absolute Gasteiger partial charge is 0.468 e. The molecule has 1 saturated carbocycles. The summed E-state index contributed by atoms with van der Waals surface area (Å²) < 4.78 is 7.71. The Labute approximate surface area is 220 Å². The molecule has 194 valence electrons. The van der Waals surface area contributed by atoms with Crippen molar-refractivity contribution in [1.29, 1.82) is 0 Å². The minimum absolute atomic E-state index is 0.150. The summed E-state index contributed by atoms with van der Waals surface area (Å²) in [6.45, 7) is 3.13. The molecule has 0 aliphatic heterocycles. The third-order valence-corrected chi connectivity index (χ3v) is 7.49. The summed E-state index contributed by atoms with van der Waals surface area (Å²) >= 11 is 0. The second kappa shape index (κ2) is 10.7. The molecule has 0 radical (unpaired) electrons. The number of H-pyrrole nitrogens is 1. The number of aromatic amines is 1. The molecule has 1 atom stereocenters. The van der Waals surface area contributed by atoms with E-state index in [2.05, 4.69) is 49.4 Å². The van der Waals surface area contributed by atoms with Gasteiger partial charge in [0.25, 0.3) is 5.56 Å². The summed E-state index contributed by atoms with van der Waals surface area (Å²) in [5, 5.41) is 14.1. The lowest BCUT2D eigenvalue weighted by Gasteiger charge is -2.31. The number of fused-ring (bicyclic) bond motifs is 1. The number of nitrogens with zero attached hydrogens (tertiary/aromatic N) is 6. The van der Waals surface area contributed by atoms with E-state index in [0.29, 0.717) is 24.5 Å². The molecule has 5 aromatic rings. The van der Waals surface area contributed by atoms with Gasteiger partial charge in [0.1, 0.15) is 11.8 Å². The van der Waals surface area contributed by atoms with Crippen LogP contribution in [0.3, 0.4) is 0 Å². The normalized spacial score (nSPS) is 15.0. The van der Waals surface area contributed by atoms with Crippen LogP contribution < -0.4 is 5.56 Å². The molecular formula is C29H31N7O2. The Kier molecular flexibility index (Phi) is 6.83. The molecule has 0 bridgehead atoms. The summed E-state index contributed by atoms with van der Waals surface area (Å²) in [5.74, 6) is 1.47. The molecule has 1 aliphatic carbocycles. The maximum atomic E-state index is 13.7. The van der Waals surface area contributed by atoms with Gasteiger partial charge in [-0.15, -0.1) is 5.10 Å². The van der Waals surface area contributed by atoms with Gasteiger partial charge in [-0.05, 0) is 82.6 Å². The number of aromatic nitrogens is 6. The maximum absolute atomic E-state index is 13.7. The number of rotatable bonds is 9. The van der Waals surface area contributed by atoms with Gasteiger partial charge in [0.2, 0.25) is 0 Å². The van der Waals surface area contributed by atoms with E-state index < -0.39 is 6.04 Å². The standard InChI is InChI=1S/C29H31N7O2/c1-2-20-11-12-26-22(15-20)16-25(29(37)31-26)27(28-32-33-34-36(28)23-8-3-4-9-23)35(19-24-10-6-14-38-24)18-21-7-5-13-30-17-21/h5-7,10-17,23,27H,2-4,8-9,18-19H2,1H3,(H,31,37). The quantitative estimate of drug-likeness (QED) is 0.299. The molecule has 1 aliphatic rings. The highest BCUT2D eigenvalue weighted by molar-refractivity contribution is 5.80. The van der Waals surface area contributed by atoms with E-state index in [4.69, 9.17) is 4.42 Å². The predicted molar refractivity (Wildman–Crippen MR) is 143 cm³/mol. The minimum atomic E-state index is -0.505. The fourth-order valence-corrected chi connectivity index (χ4v) is 5.55. The first-order valence-corrected chi connectivity index (χ1v) is 13.3. The molecule has 38 heavy (non-hydrogen) atoms. The van der Waals surface area contributed by atoms with Gasteiger partial charge < -0.3 is 9.40 Å². The molecule has 9 nitrogen and oxygen atoms in total. The number of aryl methyl sites for hydroxylation is 1. The van der Waals surface area contributed by atoms with Crippen molar-refractivity contribution in [1.82, 2.24) is 35.1 Å². The van der Waals surface area contributed by atoms with E-state index >= 15 is 0 Å². The molecular weight excluding hydrogens is 478 g/mol. The summed E-state index contributed by atoms with van der Waals surface area (Å²) in [6, 6.07) is 15.7. The topological polar surface area (TPSA) is 106 Å². The van der Waals surface area contributed by atoms with Crippen molar-refractivity contribution < 1.29 is 4.42 Å². The van der Waals surface area contributed by atoms with Gasteiger partial charge in [0.05, 0.1) is 18.8 Å². The number of pyridine rings is 2. The molecule has 0 spiro atoms. The maximum Gasteiger partial charge on any atom is 0.253 e. The van der Waals surface area contributed by atoms with Crippen molar-refractivity contribution in [2.24, 2.45) is 0 Å². The Hall–Kier alpha value is -4.11. The second-order valence-corrected chi connectivity index (χ2v) is 10.00. The number of furan rings is 1. The summed E-state index contributed by atoms with van der Waals surface area (Å²) in [7, 11) is 0. The van der Waals surface area contributed by atoms with E-state index in [1.165, 1.54) is 5.56 Å². The molecule has 0 amide bonds. The fraction of sp³-hybridized carbons (Fsp3) is 0.345. The van der Waals surface area contributed by atoms with Crippen LogP contribution in [0, 0.1) is 0 Å². The van der Waals surface area contributed by atoms with Crippen LogP contribution in [-0.2, 0) is 19.5 Å². The SMILES string of the molecule is CCc1ccc2[nH]c(=O)c(C(c3nnnn3C3CCCC3)N(Cc3cccnc3)Cc3ccco3)cc2c1. The van der Waals surface area contributed by atoms with Crippen LogP contribution in [0.4, 0.5) is 0 Å². The third-order valence-electron chi connectivity index (χ3n) is 7.49. The second-order valence-electron chi connectivity index (χ2n) is 10.00. The van der Waals surface area contributed by atoms with E-state index in [1.807, 2.05) is 47.3 Å². The first-order chi connectivity index (χ1) is 18.7. The number of tetrazole rings is 1. The first-order valence-electron chi connectivity index (χ1n) is 13.3. The van der Waals surface area contributed by atoms with Gasteiger partial charge in [-0.3, -0.25) is 14.7 Å². The van der Waals surface area contributed by atoms with Crippen LogP contribution in [-0.4, -0.2) is 35.1 Å². The van der Waals surface area contributed by atoms with Crippen molar-refractivity contribution in [2.45, 2.75) is 64.2 Å². The smallest absolute Gasteiger partial charge is 0.253 e. The lowest BCUT2D eigenvalue weighted by atomic mass is 10.0. The Bertz CT molecular complexity index is 1550. The average molecular weight is 510 g/mol. The summed E-state index contributed by atoms with van der Waals surface area (Å²) in [5.41, 5.74) is 3.51. The monoisotopic (exact) mass is 509 g/mol. The molecule has 1 aromatic carbocycles. The molecule has 0 saturated heterocycles. The van der Waals surface area contributed by atoms with E-state index in [9.17, 15) is 4.79 Å². The van der Waals surface area contributed by atoms with Gasteiger partial charge in [-0.2, -0.15) is 0 Å². The number of benzene rings is 1. The Morgan fingerprint density at radius 3 is 2.76 bits per heavy atom. The van der Waals surface area contributed by atoms with Crippen LogP contribution in [0.5, 0.6) is 0 Å². The molecule has 9 heteroatoms. The van der Waals surface area contributed by atoms with Crippen LogP contribution in [0.25, 0.3) is 10.9 Å². The van der Waals surface area contributed by atoms with Crippen LogP contribution in [0.15, 0.2) is 76.4 Å². The highest BCUT2D eigenvalue weighted by Crippen LogP contribution is 2.35. The van der Waals surface area contributed by atoms with Gasteiger partial charge >= 0.3 is 0 Å². The number of hydrogen-bond donors (Lipinski definition) is 1. The molecule has 4 aromatic heterocycles. The highest BCUT2D eigenvalue weighted by Gasteiger charge is 2.34. The minimum Gasteiger partial charge on any atom is -0.468 e. The predicted octanol–water partition coefficient (Wildman–Crippen LogP) is 4.97. The average Bonchev–Trinajstić information content (AvgIpc) is 3.73. The van der Waals surface area contributed by atoms with Crippen molar-refractivity contribution in [3.8, 4) is 0 Å². The van der Waals surface area contributed by atoms with Crippen LogP contribution in [0.2, 0.25) is 0 Å². The number of nitrogens with one attached hydrogen (secondary N) is 1. The van der Waals surface area contributed by atoms with Crippen molar-refractivity contribution in [2.75, 3.05) is 0 Å². The number of hydrogen-bond acceptors (Lipinski definition) is 7. The lowest BCUT2D eigenvalue weighted by molar-refractivity contribution is 0.176. The zero-order valence-electron chi connectivity index (χ0n) is 21.5. The molecule has 1 fully saturated rings. The Morgan fingerprint density at radius 1 is 1.11 bits per heavy atom. The summed E-state index contributed by atoms with van der Waals surface area (Å²) in [6.07, 6.45) is 10.6. The van der Waals surface area contributed by atoms with Crippen molar-refractivity contribution >= 4 is 10.9 Å². The first kappa shape index (κ1) is 24.2. The van der Waals surface area contributed by atoms with Gasteiger partial charge in [-0.25, -0.2) is 4.68 Å².